The number of carbonyl (C=O) groups excluding carboxylic acids is 1. The Balaban J connectivity index is 1.31. The molecule has 0 radical (unpaired) electrons. The molecule has 0 atom stereocenters. The molecule has 0 aliphatic rings. The zero-order valence-corrected chi connectivity index (χ0v) is 32.9. The molecule has 0 spiro atoms. The van der Waals surface area contributed by atoms with Crippen LogP contribution in [0, 0.1) is 0 Å². The van der Waals surface area contributed by atoms with E-state index in [4.69, 9.17) is 4.74 Å². The Kier molecular flexibility index (Phi) is 15.2. The van der Waals surface area contributed by atoms with E-state index in [1.54, 1.807) is 7.11 Å². The summed E-state index contributed by atoms with van der Waals surface area (Å²) in [6.07, 6.45) is 27.0. The third-order valence-corrected chi connectivity index (χ3v) is 9.83. The van der Waals surface area contributed by atoms with Crippen LogP contribution >= 0.6 is 0 Å². The highest BCUT2D eigenvalue weighted by Gasteiger charge is 2.09. The van der Waals surface area contributed by atoms with Crippen molar-refractivity contribution in [1.29, 1.82) is 0 Å². The van der Waals surface area contributed by atoms with E-state index in [-0.39, 0.29) is 0 Å². The van der Waals surface area contributed by atoms with Crippen molar-refractivity contribution in [3.63, 3.8) is 0 Å². The molecule has 54 heavy (non-hydrogen) atoms. The number of carbonyl (C=O) groups is 1. The van der Waals surface area contributed by atoms with E-state index in [0.717, 1.165) is 80.1 Å². The van der Waals surface area contributed by atoms with Gasteiger partial charge in [-0.25, -0.2) is 0 Å². The molecule has 5 aromatic carbocycles. The highest BCUT2D eigenvalue weighted by atomic mass is 16.5. The van der Waals surface area contributed by atoms with Gasteiger partial charge in [0.05, 0.1) is 7.11 Å². The van der Waals surface area contributed by atoms with Gasteiger partial charge in [0.15, 0.2) is 0 Å². The molecule has 2 nitrogen and oxygen atoms in total. The van der Waals surface area contributed by atoms with Gasteiger partial charge in [-0.05, 0) is 111 Å². The van der Waals surface area contributed by atoms with E-state index in [1.165, 1.54) is 55.6 Å². The van der Waals surface area contributed by atoms with Crippen molar-refractivity contribution in [2.75, 3.05) is 7.11 Å². The van der Waals surface area contributed by atoms with Crippen molar-refractivity contribution in [3.05, 3.63) is 169 Å². The standard InChI is InChI=1S/C52H56O2/c1-6-10-44-35-49(30-25-41-19-21-42(22-20-41)26-31-50-36-47(13-9-4)51(38-53)37-46(50)12-8-3)45(11-7-2)34-48(44)29-24-40-17-14-39(15-18-40)16-23-43-27-32-52(54-5)33-28-43/h14-38H,6-13H2,1-5H3/b23-16+,29-24+,30-25+,31-26+. The van der Waals surface area contributed by atoms with Crippen LogP contribution in [0.5, 0.6) is 5.75 Å². The lowest BCUT2D eigenvalue weighted by Crippen LogP contribution is -1.98. The molecule has 0 unspecified atom stereocenters. The number of hydrogen-bond acceptors (Lipinski definition) is 2. The number of hydrogen-bond donors (Lipinski definition) is 0. The van der Waals surface area contributed by atoms with Crippen molar-refractivity contribution >= 4 is 54.9 Å². The van der Waals surface area contributed by atoms with E-state index >= 15 is 0 Å². The predicted octanol–water partition coefficient (Wildman–Crippen LogP) is 14.0. The highest BCUT2D eigenvalue weighted by molar-refractivity contribution is 5.81. The predicted molar refractivity (Wildman–Crippen MR) is 236 cm³/mol. The monoisotopic (exact) mass is 712 g/mol. The van der Waals surface area contributed by atoms with Gasteiger partial charge < -0.3 is 4.74 Å². The van der Waals surface area contributed by atoms with Gasteiger partial charge in [-0.1, -0.05) is 181 Å². The van der Waals surface area contributed by atoms with Crippen LogP contribution in [0.15, 0.2) is 97.1 Å². The number of aldehydes is 1. The minimum absolute atomic E-state index is 0.834. The van der Waals surface area contributed by atoms with Crippen molar-refractivity contribution in [2.24, 2.45) is 0 Å². The molecule has 276 valence electrons. The first-order valence-electron chi connectivity index (χ1n) is 19.8. The van der Waals surface area contributed by atoms with Crippen molar-refractivity contribution in [1.82, 2.24) is 0 Å². The lowest BCUT2D eigenvalue weighted by molar-refractivity contribution is 0.112. The van der Waals surface area contributed by atoms with E-state index in [9.17, 15) is 4.79 Å². The van der Waals surface area contributed by atoms with Crippen LogP contribution in [0.2, 0.25) is 0 Å². The lowest BCUT2D eigenvalue weighted by atomic mass is 9.92. The van der Waals surface area contributed by atoms with Crippen molar-refractivity contribution in [2.45, 2.75) is 79.1 Å². The minimum atomic E-state index is 0.834. The van der Waals surface area contributed by atoms with Crippen LogP contribution in [-0.2, 0) is 25.7 Å². The zero-order chi connectivity index (χ0) is 38.1. The summed E-state index contributed by atoms with van der Waals surface area (Å²) in [5.74, 6) is 0.868. The fraction of sp³-hybridized carbons (Fsp3) is 0.250. The summed E-state index contributed by atoms with van der Waals surface area (Å²) in [7, 11) is 1.69. The van der Waals surface area contributed by atoms with Gasteiger partial charge in [0, 0.05) is 5.56 Å². The topological polar surface area (TPSA) is 26.3 Å². The molecule has 0 amide bonds. The summed E-state index contributed by atoms with van der Waals surface area (Å²) in [6.45, 7) is 8.86. The summed E-state index contributed by atoms with van der Waals surface area (Å²) < 4.78 is 5.27. The largest absolute Gasteiger partial charge is 0.497 e. The first kappa shape index (κ1) is 39.7. The van der Waals surface area contributed by atoms with Gasteiger partial charge in [-0.15, -0.1) is 0 Å². The Bertz CT molecular complexity index is 2070. The second kappa shape index (κ2) is 20.7. The number of methoxy groups -OCH3 is 1. The number of rotatable bonds is 18. The fourth-order valence-corrected chi connectivity index (χ4v) is 6.88. The summed E-state index contributed by atoms with van der Waals surface area (Å²) in [5, 5.41) is 0. The first-order valence-corrected chi connectivity index (χ1v) is 19.8. The maximum Gasteiger partial charge on any atom is 0.150 e. The molecular formula is C52H56O2. The SMILES string of the molecule is CCCc1cc(/C=C/c2ccc(/C=C/c3cc(CCC)c(/C=C/c4ccc(/C=C/c5ccc(OC)cc5)cc4)cc3CCC)cc2)c(CCC)cc1C=O. The highest BCUT2D eigenvalue weighted by Crippen LogP contribution is 2.26. The second-order valence-corrected chi connectivity index (χ2v) is 14.1. The normalized spacial score (nSPS) is 11.8. The van der Waals surface area contributed by atoms with E-state index in [0.29, 0.717) is 0 Å². The summed E-state index contributed by atoms with van der Waals surface area (Å²) in [4.78, 5) is 11.7. The van der Waals surface area contributed by atoms with Gasteiger partial charge in [0.2, 0.25) is 0 Å². The van der Waals surface area contributed by atoms with Crippen LogP contribution in [-0.4, -0.2) is 13.4 Å². The van der Waals surface area contributed by atoms with Gasteiger partial charge in [0.1, 0.15) is 12.0 Å². The number of benzene rings is 5. The fourth-order valence-electron chi connectivity index (χ4n) is 6.88. The minimum Gasteiger partial charge on any atom is -0.497 e. The van der Waals surface area contributed by atoms with Crippen LogP contribution < -0.4 is 4.74 Å². The summed E-state index contributed by atoms with van der Waals surface area (Å²) in [6, 6.07) is 34.7. The molecule has 0 saturated carbocycles. The smallest absolute Gasteiger partial charge is 0.150 e. The molecule has 5 rings (SSSR count). The molecule has 0 aliphatic carbocycles. The van der Waals surface area contributed by atoms with Gasteiger partial charge in [-0.3, -0.25) is 4.79 Å². The Morgan fingerprint density at radius 2 is 0.648 bits per heavy atom. The zero-order valence-electron chi connectivity index (χ0n) is 32.9. The maximum atomic E-state index is 11.7. The number of ether oxygens (including phenoxy) is 1. The average Bonchev–Trinajstić information content (AvgIpc) is 3.20. The quantitative estimate of drug-likeness (QED) is 0.0668. The number of aryl methyl sites for hydroxylation is 4. The van der Waals surface area contributed by atoms with Gasteiger partial charge >= 0.3 is 0 Å². The van der Waals surface area contributed by atoms with Crippen LogP contribution in [0.3, 0.4) is 0 Å². The maximum absolute atomic E-state index is 11.7. The average molecular weight is 713 g/mol. The van der Waals surface area contributed by atoms with Crippen LogP contribution in [0.25, 0.3) is 48.6 Å². The second-order valence-electron chi connectivity index (χ2n) is 14.1. The Morgan fingerprint density at radius 1 is 0.389 bits per heavy atom. The summed E-state index contributed by atoms with van der Waals surface area (Å²) in [5.41, 5.74) is 15.7. The molecule has 0 aromatic heterocycles. The molecule has 0 fully saturated rings. The van der Waals surface area contributed by atoms with Crippen molar-refractivity contribution in [3.8, 4) is 5.75 Å². The van der Waals surface area contributed by atoms with E-state index in [2.05, 4.69) is 161 Å². The molecule has 0 heterocycles. The molecule has 0 aliphatic heterocycles. The third-order valence-electron chi connectivity index (χ3n) is 9.83. The molecule has 5 aromatic rings. The van der Waals surface area contributed by atoms with Gasteiger partial charge in [-0.2, -0.15) is 0 Å². The van der Waals surface area contributed by atoms with E-state index < -0.39 is 0 Å². The lowest BCUT2D eigenvalue weighted by Gasteiger charge is -2.13. The third kappa shape index (κ3) is 11.3. The Morgan fingerprint density at radius 3 is 0.926 bits per heavy atom. The Hall–Kier alpha value is -5.47. The summed E-state index contributed by atoms with van der Waals surface area (Å²) >= 11 is 0. The molecular weight excluding hydrogens is 657 g/mol. The van der Waals surface area contributed by atoms with E-state index in [1.807, 2.05) is 12.1 Å². The molecule has 2 heteroatoms. The van der Waals surface area contributed by atoms with Crippen molar-refractivity contribution < 1.29 is 9.53 Å². The van der Waals surface area contributed by atoms with Crippen LogP contribution in [0.1, 0.15) is 130 Å². The molecule has 0 saturated heterocycles. The van der Waals surface area contributed by atoms with Gasteiger partial charge in [0.25, 0.3) is 0 Å². The molecule has 0 N–H and O–H groups in total. The first-order chi connectivity index (χ1) is 26.5. The van der Waals surface area contributed by atoms with Crippen LogP contribution in [0.4, 0.5) is 0 Å². The Labute approximate surface area is 324 Å². The molecule has 0 bridgehead atoms.